The van der Waals surface area contributed by atoms with E-state index < -0.39 is 59.2 Å². The van der Waals surface area contributed by atoms with Crippen molar-refractivity contribution in [2.75, 3.05) is 18.6 Å². The zero-order valence-electron chi connectivity index (χ0n) is 15.3. The summed E-state index contributed by atoms with van der Waals surface area (Å²) in [6.07, 6.45) is -4.58. The van der Waals surface area contributed by atoms with Gasteiger partial charge in [0, 0.05) is 6.54 Å². The third-order valence-electron chi connectivity index (χ3n) is 5.57. The highest BCUT2D eigenvalue weighted by molar-refractivity contribution is 6.33. The second kappa shape index (κ2) is 6.45. The van der Waals surface area contributed by atoms with E-state index >= 15 is 0 Å². The second-order valence-electron chi connectivity index (χ2n) is 7.05. The molecule has 30 heavy (non-hydrogen) atoms. The highest BCUT2D eigenvalue weighted by Gasteiger charge is 2.63. The lowest BCUT2D eigenvalue weighted by Crippen LogP contribution is -2.56. The number of carbonyl (C=O) groups excluding carboxylic acids is 4. The minimum Gasteiger partial charge on any atom is -0.462 e. The molecule has 0 radical (unpaired) electrons. The summed E-state index contributed by atoms with van der Waals surface area (Å²) in [5, 5.41) is 8.92. The number of amides is 4. The number of anilines is 1. The number of benzene rings is 1. The summed E-state index contributed by atoms with van der Waals surface area (Å²) in [4.78, 5) is 52.6. The fourth-order valence-corrected chi connectivity index (χ4v) is 4.34. The molecule has 3 fully saturated rings. The highest BCUT2D eigenvalue weighted by Crippen LogP contribution is 2.43. The second-order valence-corrected chi connectivity index (χ2v) is 7.05. The molecule has 2 bridgehead atoms. The van der Waals surface area contributed by atoms with Gasteiger partial charge in [0.25, 0.3) is 5.91 Å². The molecule has 3 saturated heterocycles. The summed E-state index contributed by atoms with van der Waals surface area (Å²) in [7, 11) is 1.04. The van der Waals surface area contributed by atoms with Crippen LogP contribution in [0, 0.1) is 11.3 Å². The number of urea groups is 1. The molecule has 0 aliphatic carbocycles. The summed E-state index contributed by atoms with van der Waals surface area (Å²) in [5.41, 5.74) is -2.22. The van der Waals surface area contributed by atoms with Crippen LogP contribution in [0.1, 0.15) is 17.5 Å². The molecule has 1 aromatic rings. The smallest absolute Gasteiger partial charge is 0.417 e. The van der Waals surface area contributed by atoms with Crippen molar-refractivity contribution in [3.63, 3.8) is 0 Å². The van der Waals surface area contributed by atoms with E-state index in [2.05, 4.69) is 4.74 Å². The SMILES string of the molecule is COC(=O)C(=O)N1C[C@H]2CC1C1C(=O)N(c3ccc(C#N)c(C(F)(F)F)c3)C(=O)N12. The number of nitrogens with zero attached hydrogens (tertiary/aromatic N) is 4. The largest absolute Gasteiger partial charge is 0.462 e. The Labute approximate surface area is 167 Å². The van der Waals surface area contributed by atoms with Gasteiger partial charge in [0.2, 0.25) is 0 Å². The first-order chi connectivity index (χ1) is 14.1. The maximum absolute atomic E-state index is 13.3. The molecule has 3 heterocycles. The van der Waals surface area contributed by atoms with E-state index in [0.717, 1.165) is 24.1 Å². The predicted molar refractivity (Wildman–Crippen MR) is 90.6 cm³/mol. The number of ether oxygens (including phenoxy) is 1. The number of rotatable bonds is 1. The first kappa shape index (κ1) is 19.7. The summed E-state index contributed by atoms with van der Waals surface area (Å²) in [6, 6.07) is 0.767. The Hall–Kier alpha value is -3.62. The number of nitriles is 1. The lowest BCUT2D eigenvalue weighted by molar-refractivity contribution is -0.160. The van der Waals surface area contributed by atoms with E-state index in [1.807, 2.05) is 0 Å². The Balaban J connectivity index is 1.68. The molecule has 0 spiro atoms. The van der Waals surface area contributed by atoms with E-state index in [1.165, 1.54) is 11.0 Å². The molecule has 4 amide bonds. The van der Waals surface area contributed by atoms with Crippen LogP contribution in [0.2, 0.25) is 0 Å². The van der Waals surface area contributed by atoms with E-state index in [4.69, 9.17) is 5.26 Å². The van der Waals surface area contributed by atoms with Crippen molar-refractivity contribution in [1.82, 2.24) is 9.80 Å². The topological polar surface area (TPSA) is 111 Å². The van der Waals surface area contributed by atoms with E-state index in [-0.39, 0.29) is 18.7 Å². The lowest BCUT2D eigenvalue weighted by Gasteiger charge is -2.34. The number of imide groups is 1. The number of halogens is 3. The maximum Gasteiger partial charge on any atom is 0.417 e. The van der Waals surface area contributed by atoms with Gasteiger partial charge in [-0.2, -0.15) is 18.4 Å². The van der Waals surface area contributed by atoms with Crippen molar-refractivity contribution in [1.29, 1.82) is 5.26 Å². The number of likely N-dealkylation sites (tertiary alicyclic amines) is 1. The Morgan fingerprint density at radius 2 is 1.97 bits per heavy atom. The zero-order chi connectivity index (χ0) is 22.0. The molecular formula is C18H13F3N4O5. The minimum atomic E-state index is -4.86. The summed E-state index contributed by atoms with van der Waals surface area (Å²) in [6.45, 7) is 0.0170. The number of piperazine rings is 1. The molecule has 0 aromatic heterocycles. The third-order valence-corrected chi connectivity index (χ3v) is 5.57. The molecule has 9 nitrogen and oxygen atoms in total. The van der Waals surface area contributed by atoms with Gasteiger partial charge >= 0.3 is 24.1 Å². The van der Waals surface area contributed by atoms with Gasteiger partial charge in [-0.15, -0.1) is 0 Å². The van der Waals surface area contributed by atoms with Crippen LogP contribution in [0.25, 0.3) is 0 Å². The Bertz CT molecular complexity index is 1030. The van der Waals surface area contributed by atoms with Crippen LogP contribution in [-0.2, 0) is 25.3 Å². The number of fused-ring (bicyclic) bond motifs is 5. The standard InChI is InChI=1S/C18H13F3N4O5/c1-30-16(28)15(27)23-7-10-5-12(23)13-14(26)25(17(29)24(10)13)9-3-2-8(6-22)11(4-9)18(19,20)21/h2-4,10,12-13H,5,7H2,1H3/t10-,12?,13?/m1/s1. The van der Waals surface area contributed by atoms with Crippen LogP contribution in [0.4, 0.5) is 23.7 Å². The molecule has 2 unspecified atom stereocenters. The van der Waals surface area contributed by atoms with Crippen molar-refractivity contribution in [2.24, 2.45) is 0 Å². The number of carbonyl (C=O) groups is 4. The number of hydrogen-bond acceptors (Lipinski definition) is 6. The van der Waals surface area contributed by atoms with Crippen LogP contribution >= 0.6 is 0 Å². The number of esters is 1. The van der Waals surface area contributed by atoms with Gasteiger partial charge in [0.1, 0.15) is 6.04 Å². The monoisotopic (exact) mass is 422 g/mol. The summed E-state index contributed by atoms with van der Waals surface area (Å²) in [5.74, 6) is -2.85. The average Bonchev–Trinajstić information content (AvgIpc) is 3.37. The normalized spacial score (nSPS) is 24.9. The van der Waals surface area contributed by atoms with Crippen molar-refractivity contribution in [3.05, 3.63) is 29.3 Å². The minimum absolute atomic E-state index is 0.0170. The fraction of sp³-hybridized carbons (Fsp3) is 0.389. The number of alkyl halides is 3. The molecule has 4 rings (SSSR count). The maximum atomic E-state index is 13.3. The Morgan fingerprint density at radius 1 is 1.27 bits per heavy atom. The predicted octanol–water partition coefficient (Wildman–Crippen LogP) is 0.870. The molecule has 3 aliphatic rings. The van der Waals surface area contributed by atoms with Crippen LogP contribution in [-0.4, -0.2) is 65.4 Å². The van der Waals surface area contributed by atoms with Crippen molar-refractivity contribution in [3.8, 4) is 6.07 Å². The Morgan fingerprint density at radius 3 is 2.57 bits per heavy atom. The lowest BCUT2D eigenvalue weighted by atomic mass is 10.1. The van der Waals surface area contributed by atoms with Crippen molar-refractivity contribution < 1.29 is 37.1 Å². The van der Waals surface area contributed by atoms with Crippen molar-refractivity contribution >= 4 is 29.5 Å². The molecular weight excluding hydrogens is 409 g/mol. The quantitative estimate of drug-likeness (QED) is 0.377. The van der Waals surface area contributed by atoms with Gasteiger partial charge < -0.3 is 14.5 Å². The van der Waals surface area contributed by atoms with Crippen LogP contribution in [0.5, 0.6) is 0 Å². The summed E-state index contributed by atoms with van der Waals surface area (Å²) >= 11 is 0. The van der Waals surface area contributed by atoms with Gasteiger partial charge in [-0.1, -0.05) is 0 Å². The fourth-order valence-electron chi connectivity index (χ4n) is 4.34. The number of hydrogen-bond donors (Lipinski definition) is 0. The molecule has 1 aromatic carbocycles. The van der Waals surface area contributed by atoms with Gasteiger partial charge in [-0.05, 0) is 24.6 Å². The number of methoxy groups -OCH3 is 1. The molecule has 3 aliphatic heterocycles. The third kappa shape index (κ3) is 2.62. The van der Waals surface area contributed by atoms with Crippen molar-refractivity contribution in [2.45, 2.75) is 30.7 Å². The average molecular weight is 422 g/mol. The first-order valence-corrected chi connectivity index (χ1v) is 8.76. The Kier molecular flexibility index (Phi) is 4.23. The molecule has 156 valence electrons. The molecule has 12 heteroatoms. The van der Waals surface area contributed by atoms with Gasteiger partial charge in [-0.3, -0.25) is 9.59 Å². The molecule has 0 saturated carbocycles. The first-order valence-electron chi connectivity index (χ1n) is 8.76. The zero-order valence-corrected chi connectivity index (χ0v) is 15.3. The van der Waals surface area contributed by atoms with Crippen LogP contribution in [0.3, 0.4) is 0 Å². The van der Waals surface area contributed by atoms with Crippen LogP contribution < -0.4 is 4.90 Å². The van der Waals surface area contributed by atoms with E-state index in [0.29, 0.717) is 11.0 Å². The van der Waals surface area contributed by atoms with E-state index in [1.54, 1.807) is 0 Å². The summed E-state index contributed by atoms with van der Waals surface area (Å²) < 4.78 is 44.2. The van der Waals surface area contributed by atoms with Crippen LogP contribution in [0.15, 0.2) is 18.2 Å². The van der Waals surface area contributed by atoms with Gasteiger partial charge in [-0.25, -0.2) is 14.5 Å². The van der Waals surface area contributed by atoms with Gasteiger partial charge in [0.15, 0.2) is 0 Å². The highest BCUT2D eigenvalue weighted by atomic mass is 19.4. The molecule has 0 N–H and O–H groups in total. The van der Waals surface area contributed by atoms with Gasteiger partial charge in [0.05, 0.1) is 42.1 Å². The van der Waals surface area contributed by atoms with E-state index in [9.17, 15) is 32.3 Å². The molecule has 3 atom stereocenters.